The summed E-state index contributed by atoms with van der Waals surface area (Å²) in [7, 11) is -1.74. The van der Waals surface area contributed by atoms with Gasteiger partial charge in [-0.1, -0.05) is 27.4 Å². The summed E-state index contributed by atoms with van der Waals surface area (Å²) in [4.78, 5) is 6.84. The summed E-state index contributed by atoms with van der Waals surface area (Å²) >= 11 is 0. The fraction of sp³-hybridized carbons (Fsp3) is 0.480. The van der Waals surface area contributed by atoms with Gasteiger partial charge in [0.15, 0.2) is 8.32 Å². The van der Waals surface area contributed by atoms with Gasteiger partial charge in [0, 0.05) is 29.7 Å². The highest BCUT2D eigenvalue weighted by molar-refractivity contribution is 6.74. The average molecular weight is 423 g/mol. The second-order valence-corrected chi connectivity index (χ2v) is 14.8. The number of aryl methyl sites for hydroxylation is 1. The van der Waals surface area contributed by atoms with Crippen LogP contribution in [0.3, 0.4) is 0 Å². The van der Waals surface area contributed by atoms with Gasteiger partial charge in [0.1, 0.15) is 12.4 Å². The van der Waals surface area contributed by atoms with E-state index < -0.39 is 8.32 Å². The molecule has 0 aliphatic carbocycles. The molecule has 5 heteroatoms. The van der Waals surface area contributed by atoms with Gasteiger partial charge in [-0.25, -0.2) is 0 Å². The fourth-order valence-corrected chi connectivity index (χ4v) is 5.08. The van der Waals surface area contributed by atoms with Crippen molar-refractivity contribution in [2.24, 2.45) is 0 Å². The predicted octanol–water partition coefficient (Wildman–Crippen LogP) is 5.97. The van der Waals surface area contributed by atoms with E-state index in [4.69, 9.17) is 9.16 Å². The second-order valence-electron chi connectivity index (χ2n) is 9.98. The molecule has 3 heterocycles. The molecule has 0 radical (unpaired) electrons. The first-order chi connectivity index (χ1) is 14.2. The number of nitrogens with zero attached hydrogens (tertiary/aromatic N) is 2. The third-order valence-electron chi connectivity index (χ3n) is 6.87. The Morgan fingerprint density at radius 2 is 1.73 bits per heavy atom. The van der Waals surface area contributed by atoms with Crippen molar-refractivity contribution in [3.63, 3.8) is 0 Å². The maximum absolute atomic E-state index is 6.22. The quantitative estimate of drug-likeness (QED) is 0.424. The lowest BCUT2D eigenvalue weighted by Gasteiger charge is -2.36. The summed E-state index contributed by atoms with van der Waals surface area (Å²) in [5, 5.41) is 0.213. The Labute approximate surface area is 182 Å². The monoisotopic (exact) mass is 422 g/mol. The minimum absolute atomic E-state index is 0.213. The van der Waals surface area contributed by atoms with Crippen LogP contribution < -0.4 is 9.64 Å². The predicted molar refractivity (Wildman–Crippen MR) is 127 cm³/mol. The zero-order valence-electron chi connectivity index (χ0n) is 19.0. The Bertz CT molecular complexity index is 962. The van der Waals surface area contributed by atoms with Crippen LogP contribution in [0.25, 0.3) is 11.1 Å². The molecular weight excluding hydrogens is 388 g/mol. The van der Waals surface area contributed by atoms with Crippen molar-refractivity contribution in [3.8, 4) is 16.9 Å². The highest BCUT2D eigenvalue weighted by atomic mass is 28.4. The molecule has 0 atom stereocenters. The molecule has 160 valence electrons. The number of pyridine rings is 1. The van der Waals surface area contributed by atoms with Crippen molar-refractivity contribution in [1.29, 1.82) is 0 Å². The van der Waals surface area contributed by atoms with Gasteiger partial charge in [-0.2, -0.15) is 0 Å². The van der Waals surface area contributed by atoms with E-state index >= 15 is 0 Å². The lowest BCUT2D eigenvalue weighted by atomic mass is 9.93. The third kappa shape index (κ3) is 4.05. The summed E-state index contributed by atoms with van der Waals surface area (Å²) in [5.41, 5.74) is 7.86. The van der Waals surface area contributed by atoms with Crippen LogP contribution >= 0.6 is 0 Å². The molecule has 0 bridgehead atoms. The lowest BCUT2D eigenvalue weighted by molar-refractivity contribution is 0.203. The first kappa shape index (κ1) is 21.1. The van der Waals surface area contributed by atoms with Crippen LogP contribution in [0, 0.1) is 0 Å². The molecule has 30 heavy (non-hydrogen) atoms. The normalized spacial score (nSPS) is 16.0. The van der Waals surface area contributed by atoms with Crippen molar-refractivity contribution in [2.45, 2.75) is 58.2 Å². The van der Waals surface area contributed by atoms with Gasteiger partial charge in [0.05, 0.1) is 12.8 Å². The topological polar surface area (TPSA) is 34.6 Å². The van der Waals surface area contributed by atoms with E-state index in [0.717, 1.165) is 37.1 Å². The molecule has 1 aromatic heterocycles. The van der Waals surface area contributed by atoms with Crippen LogP contribution in [0.15, 0.2) is 42.9 Å². The minimum atomic E-state index is -1.74. The zero-order valence-corrected chi connectivity index (χ0v) is 20.0. The SMILES string of the molecule is C=C1CCc2cc(-c3cncc(OCCO[Si](C)(C)C(C)(C)C)c3)cc3c2N1CC3. The Morgan fingerprint density at radius 3 is 2.47 bits per heavy atom. The van der Waals surface area contributed by atoms with E-state index in [1.54, 1.807) is 6.20 Å². The number of allylic oxidation sites excluding steroid dienone is 1. The van der Waals surface area contributed by atoms with Gasteiger partial charge in [-0.05, 0) is 72.3 Å². The third-order valence-corrected chi connectivity index (χ3v) is 11.4. The van der Waals surface area contributed by atoms with E-state index in [1.807, 2.05) is 6.20 Å². The number of hydrogen-bond donors (Lipinski definition) is 0. The molecule has 0 amide bonds. The van der Waals surface area contributed by atoms with Gasteiger partial charge in [0.25, 0.3) is 0 Å². The van der Waals surface area contributed by atoms with Crippen LogP contribution in [0.4, 0.5) is 5.69 Å². The molecular formula is C25H34N2O2Si. The average Bonchev–Trinajstić information content (AvgIpc) is 3.13. The van der Waals surface area contributed by atoms with Crippen molar-refractivity contribution in [2.75, 3.05) is 24.7 Å². The summed E-state index contributed by atoms with van der Waals surface area (Å²) in [5.74, 6) is 0.801. The Morgan fingerprint density at radius 1 is 1.00 bits per heavy atom. The van der Waals surface area contributed by atoms with Crippen molar-refractivity contribution >= 4 is 14.0 Å². The number of ether oxygens (including phenoxy) is 1. The maximum atomic E-state index is 6.22. The molecule has 2 aromatic rings. The van der Waals surface area contributed by atoms with Crippen LogP contribution in [-0.2, 0) is 17.3 Å². The molecule has 2 aliphatic heterocycles. The van der Waals surface area contributed by atoms with E-state index in [-0.39, 0.29) is 5.04 Å². The first-order valence-corrected chi connectivity index (χ1v) is 13.9. The molecule has 0 spiro atoms. The van der Waals surface area contributed by atoms with Crippen molar-refractivity contribution in [3.05, 3.63) is 54.0 Å². The number of rotatable bonds is 6. The van der Waals surface area contributed by atoms with E-state index in [0.29, 0.717) is 13.2 Å². The van der Waals surface area contributed by atoms with E-state index in [2.05, 4.69) is 68.5 Å². The number of aromatic nitrogens is 1. The summed E-state index contributed by atoms with van der Waals surface area (Å²) in [6.45, 7) is 17.8. The van der Waals surface area contributed by atoms with Gasteiger partial charge < -0.3 is 14.1 Å². The summed E-state index contributed by atoms with van der Waals surface area (Å²) in [6, 6.07) is 6.74. The van der Waals surface area contributed by atoms with Crippen molar-refractivity contribution in [1.82, 2.24) is 4.98 Å². The highest BCUT2D eigenvalue weighted by Crippen LogP contribution is 2.42. The number of hydrogen-bond acceptors (Lipinski definition) is 4. The van der Waals surface area contributed by atoms with Gasteiger partial charge in [-0.3, -0.25) is 4.98 Å². The minimum Gasteiger partial charge on any atom is -0.490 e. The smallest absolute Gasteiger partial charge is 0.192 e. The molecule has 0 fully saturated rings. The number of benzene rings is 1. The van der Waals surface area contributed by atoms with Crippen LogP contribution in [0.1, 0.15) is 38.3 Å². The molecule has 4 rings (SSSR count). The first-order valence-electron chi connectivity index (χ1n) is 11.0. The molecule has 0 saturated heterocycles. The maximum Gasteiger partial charge on any atom is 0.192 e. The molecule has 2 aliphatic rings. The molecule has 0 N–H and O–H groups in total. The van der Waals surface area contributed by atoms with Gasteiger partial charge >= 0.3 is 0 Å². The Hall–Kier alpha value is -2.11. The highest BCUT2D eigenvalue weighted by Gasteiger charge is 2.37. The largest absolute Gasteiger partial charge is 0.490 e. The second kappa shape index (κ2) is 7.86. The molecule has 0 unspecified atom stereocenters. The number of anilines is 1. The zero-order chi connectivity index (χ0) is 21.5. The van der Waals surface area contributed by atoms with E-state index in [9.17, 15) is 0 Å². The molecule has 0 saturated carbocycles. The van der Waals surface area contributed by atoms with Gasteiger partial charge in [-0.15, -0.1) is 0 Å². The standard InChI is InChI=1S/C25H34N2O2Si/c1-18-7-8-19-13-21(14-20-9-10-27(18)24(19)20)22-15-23(17-26-16-22)28-11-12-29-30(5,6)25(2,3)4/h13-17H,1,7-12H2,2-6H3. The van der Waals surface area contributed by atoms with Crippen LogP contribution in [0.5, 0.6) is 5.75 Å². The van der Waals surface area contributed by atoms with E-state index in [1.165, 1.54) is 28.1 Å². The summed E-state index contributed by atoms with van der Waals surface area (Å²) < 4.78 is 12.2. The molecule has 1 aromatic carbocycles. The van der Waals surface area contributed by atoms with Crippen molar-refractivity contribution < 1.29 is 9.16 Å². The lowest BCUT2D eigenvalue weighted by Crippen LogP contribution is -2.41. The van der Waals surface area contributed by atoms with Gasteiger partial charge in [0.2, 0.25) is 0 Å². The Kier molecular flexibility index (Phi) is 5.53. The molecule has 4 nitrogen and oxygen atoms in total. The Balaban J connectivity index is 1.45. The van der Waals surface area contributed by atoms with Crippen LogP contribution in [0.2, 0.25) is 18.1 Å². The fourth-order valence-electron chi connectivity index (χ4n) is 4.06. The summed E-state index contributed by atoms with van der Waals surface area (Å²) in [6.07, 6.45) is 6.93. The van der Waals surface area contributed by atoms with Crippen LogP contribution in [-0.4, -0.2) is 33.1 Å².